The fourth-order valence-electron chi connectivity index (χ4n) is 3.27. The van der Waals surface area contributed by atoms with Gasteiger partial charge in [0.2, 0.25) is 0 Å². The molecule has 92 valence electrons. The van der Waals surface area contributed by atoms with Gasteiger partial charge >= 0.3 is 0 Å². The van der Waals surface area contributed by atoms with E-state index in [2.05, 4.69) is 10.4 Å². The lowest BCUT2D eigenvalue weighted by atomic mass is 9.40. The van der Waals surface area contributed by atoms with Crippen molar-refractivity contribution in [1.82, 2.24) is 9.97 Å². The normalized spacial score (nSPS) is 32.8. The van der Waals surface area contributed by atoms with Crippen LogP contribution in [-0.4, -0.2) is 15.5 Å². The number of thiazole rings is 1. The largest absolute Gasteiger partial charge is 0.325 e. The van der Waals surface area contributed by atoms with Crippen molar-refractivity contribution in [2.24, 2.45) is 5.73 Å². The molecule has 0 unspecified atom stereocenters. The van der Waals surface area contributed by atoms with E-state index < -0.39 is 0 Å². The summed E-state index contributed by atoms with van der Waals surface area (Å²) >= 11 is 7.53. The van der Waals surface area contributed by atoms with Gasteiger partial charge in [0.15, 0.2) is 0 Å². The van der Waals surface area contributed by atoms with Gasteiger partial charge in [-0.05, 0) is 31.4 Å². The van der Waals surface area contributed by atoms with Gasteiger partial charge in [-0.2, -0.15) is 0 Å². The van der Waals surface area contributed by atoms with Crippen molar-refractivity contribution in [3.05, 3.63) is 33.9 Å². The van der Waals surface area contributed by atoms with E-state index in [0.717, 1.165) is 30.5 Å². The number of rotatable bonds is 2. The average Bonchev–Trinajstić information content (AvgIpc) is 2.74. The molecule has 0 spiro atoms. The van der Waals surface area contributed by atoms with Crippen LogP contribution in [-0.2, 0) is 5.41 Å². The van der Waals surface area contributed by atoms with Crippen LogP contribution in [0.3, 0.4) is 0 Å². The predicted octanol–water partition coefficient (Wildman–Crippen LogP) is 2.99. The Morgan fingerprint density at radius 3 is 2.67 bits per heavy atom. The van der Waals surface area contributed by atoms with Crippen molar-refractivity contribution < 1.29 is 0 Å². The minimum Gasteiger partial charge on any atom is -0.325 e. The summed E-state index contributed by atoms with van der Waals surface area (Å²) in [5.41, 5.74) is 8.55. The summed E-state index contributed by atoms with van der Waals surface area (Å²) < 4.78 is 0. The van der Waals surface area contributed by atoms with Gasteiger partial charge < -0.3 is 5.73 Å². The third kappa shape index (κ3) is 1.40. The van der Waals surface area contributed by atoms with E-state index in [1.54, 1.807) is 23.6 Å². The average molecular weight is 278 g/mol. The molecule has 3 aliphatic carbocycles. The molecule has 3 nitrogen and oxygen atoms in total. The highest BCUT2D eigenvalue weighted by molar-refractivity contribution is 7.10. The molecule has 18 heavy (non-hydrogen) atoms. The molecule has 3 fully saturated rings. The molecule has 0 aromatic carbocycles. The first-order valence-corrected chi connectivity index (χ1v) is 7.21. The molecule has 0 amide bonds. The molecule has 5 heteroatoms. The minimum atomic E-state index is 0.133. The highest BCUT2D eigenvalue weighted by Crippen LogP contribution is 2.66. The maximum Gasteiger partial charge on any atom is 0.129 e. The van der Waals surface area contributed by atoms with Crippen LogP contribution in [0.25, 0.3) is 11.3 Å². The zero-order chi connectivity index (χ0) is 12.4. The Morgan fingerprint density at radius 1 is 1.28 bits per heavy atom. The fourth-order valence-corrected chi connectivity index (χ4v) is 4.41. The molecule has 0 radical (unpaired) electrons. The summed E-state index contributed by atoms with van der Waals surface area (Å²) in [4.78, 5) is 8.84. The van der Waals surface area contributed by atoms with Crippen LogP contribution in [0.1, 0.15) is 24.3 Å². The van der Waals surface area contributed by atoms with Crippen molar-refractivity contribution in [1.29, 1.82) is 0 Å². The zero-order valence-corrected chi connectivity index (χ0v) is 11.3. The first-order valence-electron chi connectivity index (χ1n) is 5.96. The van der Waals surface area contributed by atoms with E-state index >= 15 is 0 Å². The van der Waals surface area contributed by atoms with Crippen molar-refractivity contribution in [3.63, 3.8) is 0 Å². The van der Waals surface area contributed by atoms with E-state index in [1.807, 2.05) is 6.07 Å². The SMILES string of the molecule is NC12CC(c3nc(-c4ccc(Cl)nc4)cs3)(C1)C2. The Bertz CT molecular complexity index is 600. The molecule has 2 heterocycles. The van der Waals surface area contributed by atoms with Crippen molar-refractivity contribution in [3.8, 4) is 11.3 Å². The van der Waals surface area contributed by atoms with Gasteiger partial charge in [0, 0.05) is 28.1 Å². The molecule has 0 atom stereocenters. The van der Waals surface area contributed by atoms with Crippen LogP contribution in [0.5, 0.6) is 0 Å². The number of hydrogen-bond acceptors (Lipinski definition) is 4. The monoisotopic (exact) mass is 277 g/mol. The van der Waals surface area contributed by atoms with Crippen LogP contribution in [0.4, 0.5) is 0 Å². The minimum absolute atomic E-state index is 0.133. The molecule has 3 saturated carbocycles. The Kier molecular flexibility index (Phi) is 2.01. The van der Waals surface area contributed by atoms with Gasteiger partial charge in [0.05, 0.1) is 10.7 Å². The standard InChI is InChI=1S/C13H12ClN3S/c14-10-2-1-8(3-16-10)9-4-18-11(17-9)12-5-13(15,6-12)7-12/h1-4H,5-7,15H2. The van der Waals surface area contributed by atoms with Crippen LogP contribution in [0.2, 0.25) is 5.15 Å². The molecule has 0 aliphatic heterocycles. The van der Waals surface area contributed by atoms with Crippen LogP contribution in [0.15, 0.2) is 23.7 Å². The topological polar surface area (TPSA) is 51.8 Å². The van der Waals surface area contributed by atoms with Crippen molar-refractivity contribution in [2.45, 2.75) is 30.2 Å². The number of nitrogens with two attached hydrogens (primary N) is 1. The maximum absolute atomic E-state index is 6.10. The third-order valence-corrected chi connectivity index (χ3v) is 5.36. The second kappa shape index (κ2) is 3.32. The Labute approximate surface area is 114 Å². The quantitative estimate of drug-likeness (QED) is 0.859. The first-order chi connectivity index (χ1) is 8.59. The lowest BCUT2D eigenvalue weighted by Gasteiger charge is -2.68. The molecular formula is C13H12ClN3S. The van der Waals surface area contributed by atoms with E-state index in [4.69, 9.17) is 22.3 Å². The molecule has 2 aromatic heterocycles. The van der Waals surface area contributed by atoms with E-state index in [1.165, 1.54) is 5.01 Å². The van der Waals surface area contributed by atoms with Crippen LogP contribution in [0, 0.1) is 0 Å². The molecular weight excluding hydrogens is 266 g/mol. The summed E-state index contributed by atoms with van der Waals surface area (Å²) in [5, 5.41) is 3.85. The predicted molar refractivity (Wildman–Crippen MR) is 72.8 cm³/mol. The fraction of sp³-hybridized carbons (Fsp3) is 0.385. The number of aromatic nitrogens is 2. The summed E-state index contributed by atoms with van der Waals surface area (Å²) in [6.45, 7) is 0. The van der Waals surface area contributed by atoms with Crippen LogP contribution >= 0.6 is 22.9 Å². The third-order valence-electron chi connectivity index (χ3n) is 4.05. The van der Waals surface area contributed by atoms with E-state index in [0.29, 0.717) is 10.6 Å². The van der Waals surface area contributed by atoms with Gasteiger partial charge in [0.25, 0.3) is 0 Å². The molecule has 0 saturated heterocycles. The van der Waals surface area contributed by atoms with Crippen molar-refractivity contribution >= 4 is 22.9 Å². The second-order valence-electron chi connectivity index (χ2n) is 5.58. The van der Waals surface area contributed by atoms with Gasteiger partial charge in [-0.3, -0.25) is 0 Å². The summed E-state index contributed by atoms with van der Waals surface area (Å²) in [6.07, 6.45) is 5.08. The zero-order valence-electron chi connectivity index (χ0n) is 9.69. The van der Waals surface area contributed by atoms with Gasteiger partial charge in [-0.15, -0.1) is 11.3 Å². The molecule has 5 rings (SSSR count). The Hall–Kier alpha value is -0.970. The molecule has 2 N–H and O–H groups in total. The van der Waals surface area contributed by atoms with E-state index in [-0.39, 0.29) is 5.54 Å². The highest BCUT2D eigenvalue weighted by atomic mass is 35.5. The maximum atomic E-state index is 6.10. The summed E-state index contributed by atoms with van der Waals surface area (Å²) in [5.74, 6) is 0. The van der Waals surface area contributed by atoms with Gasteiger partial charge in [0.1, 0.15) is 5.15 Å². The number of pyridine rings is 1. The first kappa shape index (κ1) is 10.9. The highest BCUT2D eigenvalue weighted by Gasteiger charge is 2.67. The smallest absolute Gasteiger partial charge is 0.129 e. The number of hydrogen-bond donors (Lipinski definition) is 1. The number of nitrogens with zero attached hydrogens (tertiary/aromatic N) is 2. The lowest BCUT2D eigenvalue weighted by Crippen LogP contribution is -2.74. The molecule has 2 aromatic rings. The summed E-state index contributed by atoms with van der Waals surface area (Å²) in [7, 11) is 0. The van der Waals surface area contributed by atoms with Gasteiger partial charge in [-0.1, -0.05) is 11.6 Å². The molecule has 2 bridgehead atoms. The summed E-state index contributed by atoms with van der Waals surface area (Å²) in [6, 6.07) is 3.76. The molecule has 3 aliphatic rings. The number of halogens is 1. The Morgan fingerprint density at radius 2 is 2.06 bits per heavy atom. The van der Waals surface area contributed by atoms with Gasteiger partial charge in [-0.25, -0.2) is 9.97 Å². The van der Waals surface area contributed by atoms with Crippen LogP contribution < -0.4 is 5.73 Å². The Balaban J connectivity index is 1.65. The van der Waals surface area contributed by atoms with Crippen molar-refractivity contribution in [2.75, 3.05) is 0 Å². The van der Waals surface area contributed by atoms with E-state index in [9.17, 15) is 0 Å². The second-order valence-corrected chi connectivity index (χ2v) is 6.83. The lowest BCUT2D eigenvalue weighted by molar-refractivity contribution is -0.0590.